The summed E-state index contributed by atoms with van der Waals surface area (Å²) in [4.78, 5) is 0. The lowest BCUT2D eigenvalue weighted by atomic mass is 9.91. The lowest BCUT2D eigenvalue weighted by Gasteiger charge is -2.12. The van der Waals surface area contributed by atoms with E-state index in [9.17, 15) is 0 Å². The molecule has 1 nitrogen and oxygen atoms in total. The minimum atomic E-state index is 0.931. The molecule has 6 aromatic rings. The first kappa shape index (κ1) is 17.1. The van der Waals surface area contributed by atoms with Crippen molar-refractivity contribution in [3.8, 4) is 22.3 Å². The smallest absolute Gasteiger partial charge is 0.143 e. The Kier molecular flexibility index (Phi) is 3.75. The molecule has 0 saturated heterocycles. The Labute approximate surface area is 175 Å². The summed E-state index contributed by atoms with van der Waals surface area (Å²) in [5.41, 5.74) is 7.99. The first-order valence-electron chi connectivity index (χ1n) is 10.3. The van der Waals surface area contributed by atoms with Crippen LogP contribution in [0, 0.1) is 6.92 Å². The molecule has 0 amide bonds. The molecule has 0 aliphatic rings. The maximum atomic E-state index is 6.31. The maximum absolute atomic E-state index is 6.31. The van der Waals surface area contributed by atoms with Crippen molar-refractivity contribution in [3.63, 3.8) is 0 Å². The number of furan rings is 1. The monoisotopic (exact) mass is 384 g/mol. The summed E-state index contributed by atoms with van der Waals surface area (Å²) >= 11 is 0. The topological polar surface area (TPSA) is 13.1 Å². The first-order valence-corrected chi connectivity index (χ1v) is 10.3. The van der Waals surface area contributed by atoms with Crippen LogP contribution >= 0.6 is 0 Å². The van der Waals surface area contributed by atoms with Crippen molar-refractivity contribution >= 4 is 32.7 Å². The van der Waals surface area contributed by atoms with E-state index in [1.807, 2.05) is 12.1 Å². The summed E-state index contributed by atoms with van der Waals surface area (Å²) in [7, 11) is 0. The van der Waals surface area contributed by atoms with Gasteiger partial charge in [0.05, 0.1) is 0 Å². The van der Waals surface area contributed by atoms with Crippen LogP contribution in [0.4, 0.5) is 0 Å². The molecule has 0 radical (unpaired) electrons. The predicted octanol–water partition coefficient (Wildman–Crippen LogP) is 8.38. The highest BCUT2D eigenvalue weighted by Crippen LogP contribution is 2.40. The fraction of sp³-hybridized carbons (Fsp3) is 0.0345. The number of fused-ring (bicyclic) bond motifs is 4. The highest BCUT2D eigenvalue weighted by Gasteiger charge is 2.15. The molecule has 1 heteroatoms. The molecule has 0 aliphatic heterocycles. The number of hydrogen-bond donors (Lipinski definition) is 0. The highest BCUT2D eigenvalue weighted by atomic mass is 16.3. The Morgan fingerprint density at radius 1 is 0.467 bits per heavy atom. The van der Waals surface area contributed by atoms with E-state index in [4.69, 9.17) is 4.42 Å². The van der Waals surface area contributed by atoms with Crippen LogP contribution < -0.4 is 0 Å². The summed E-state index contributed by atoms with van der Waals surface area (Å²) in [6.45, 7) is 2.12. The lowest BCUT2D eigenvalue weighted by Crippen LogP contribution is -1.87. The molecule has 0 fully saturated rings. The third-order valence-corrected chi connectivity index (χ3v) is 5.98. The van der Waals surface area contributed by atoms with E-state index >= 15 is 0 Å². The fourth-order valence-electron chi connectivity index (χ4n) is 4.48. The fourth-order valence-corrected chi connectivity index (χ4v) is 4.48. The lowest BCUT2D eigenvalue weighted by molar-refractivity contribution is 0.670. The summed E-state index contributed by atoms with van der Waals surface area (Å²) in [6, 6.07) is 36.6. The van der Waals surface area contributed by atoms with Crippen molar-refractivity contribution in [2.24, 2.45) is 0 Å². The zero-order valence-electron chi connectivity index (χ0n) is 16.7. The van der Waals surface area contributed by atoms with Crippen LogP contribution in [0.5, 0.6) is 0 Å². The van der Waals surface area contributed by atoms with E-state index < -0.39 is 0 Å². The molecule has 6 rings (SSSR count). The zero-order valence-corrected chi connectivity index (χ0v) is 16.7. The zero-order chi connectivity index (χ0) is 20.1. The molecule has 0 bridgehead atoms. The first-order chi connectivity index (χ1) is 14.8. The quantitative estimate of drug-likeness (QED) is 0.292. The molecule has 0 atom stereocenters. The van der Waals surface area contributed by atoms with Crippen LogP contribution in [0.3, 0.4) is 0 Å². The van der Waals surface area contributed by atoms with Crippen LogP contribution in [0.25, 0.3) is 55.0 Å². The summed E-state index contributed by atoms with van der Waals surface area (Å²) in [5.74, 6) is 0. The van der Waals surface area contributed by atoms with Gasteiger partial charge in [-0.05, 0) is 40.5 Å². The normalized spacial score (nSPS) is 11.5. The van der Waals surface area contributed by atoms with E-state index in [0.29, 0.717) is 0 Å². The molecule has 0 N–H and O–H groups in total. The minimum Gasteiger partial charge on any atom is -0.455 e. The van der Waals surface area contributed by atoms with E-state index in [0.717, 1.165) is 27.5 Å². The van der Waals surface area contributed by atoms with Gasteiger partial charge < -0.3 is 4.42 Å². The molecule has 5 aromatic carbocycles. The Balaban J connectivity index is 1.65. The minimum absolute atomic E-state index is 0.931. The van der Waals surface area contributed by atoms with Crippen LogP contribution in [0.1, 0.15) is 5.56 Å². The standard InChI is InChI=1S/C29H20O/c1-19-13-15-20(16-14-19)21-17-18-24(23-8-3-2-7-22(21)23)26-10-6-11-27-25-9-4-5-12-28(25)30-29(26)27/h2-18H,1H3. The predicted molar refractivity (Wildman–Crippen MR) is 127 cm³/mol. The Morgan fingerprint density at radius 3 is 1.90 bits per heavy atom. The number of para-hydroxylation sites is 2. The molecule has 1 heterocycles. The average molecular weight is 384 g/mol. The van der Waals surface area contributed by atoms with Gasteiger partial charge in [0.2, 0.25) is 0 Å². The Hall–Kier alpha value is -3.84. The molecular weight excluding hydrogens is 364 g/mol. The second kappa shape index (κ2) is 6.60. The summed E-state index contributed by atoms with van der Waals surface area (Å²) in [5, 5.41) is 4.82. The van der Waals surface area contributed by atoms with Crippen LogP contribution in [-0.2, 0) is 0 Å². The summed E-state index contributed by atoms with van der Waals surface area (Å²) < 4.78 is 6.31. The van der Waals surface area contributed by atoms with Gasteiger partial charge in [0.15, 0.2) is 0 Å². The number of aryl methyl sites for hydroxylation is 1. The third-order valence-electron chi connectivity index (χ3n) is 5.98. The van der Waals surface area contributed by atoms with Crippen molar-refractivity contribution in [1.82, 2.24) is 0 Å². The van der Waals surface area contributed by atoms with E-state index in [2.05, 4.69) is 97.9 Å². The second-order valence-electron chi connectivity index (χ2n) is 7.85. The second-order valence-corrected chi connectivity index (χ2v) is 7.85. The summed E-state index contributed by atoms with van der Waals surface area (Å²) in [6.07, 6.45) is 0. The van der Waals surface area contributed by atoms with E-state index in [1.54, 1.807) is 0 Å². The van der Waals surface area contributed by atoms with Crippen LogP contribution in [-0.4, -0.2) is 0 Å². The molecule has 0 unspecified atom stereocenters. The van der Waals surface area contributed by atoms with Gasteiger partial charge in [0.1, 0.15) is 11.2 Å². The third kappa shape index (κ3) is 2.56. The van der Waals surface area contributed by atoms with Gasteiger partial charge in [-0.15, -0.1) is 0 Å². The van der Waals surface area contributed by atoms with Gasteiger partial charge >= 0.3 is 0 Å². The average Bonchev–Trinajstić information content (AvgIpc) is 3.18. The van der Waals surface area contributed by atoms with Gasteiger partial charge in [-0.2, -0.15) is 0 Å². The van der Waals surface area contributed by atoms with Gasteiger partial charge in [-0.3, -0.25) is 0 Å². The van der Waals surface area contributed by atoms with Crippen molar-refractivity contribution < 1.29 is 4.42 Å². The molecule has 30 heavy (non-hydrogen) atoms. The van der Waals surface area contributed by atoms with Gasteiger partial charge in [-0.25, -0.2) is 0 Å². The molecule has 0 aliphatic carbocycles. The van der Waals surface area contributed by atoms with E-state index in [1.165, 1.54) is 33.0 Å². The molecule has 142 valence electrons. The van der Waals surface area contributed by atoms with Crippen molar-refractivity contribution in [2.75, 3.05) is 0 Å². The Morgan fingerprint density at radius 2 is 1.10 bits per heavy atom. The Bertz CT molecular complexity index is 1530. The molecule has 1 aromatic heterocycles. The largest absolute Gasteiger partial charge is 0.455 e. The molecule has 0 spiro atoms. The maximum Gasteiger partial charge on any atom is 0.143 e. The van der Waals surface area contributed by atoms with Gasteiger partial charge in [0, 0.05) is 16.3 Å². The molecule has 0 saturated carbocycles. The van der Waals surface area contributed by atoms with Gasteiger partial charge in [-0.1, -0.05) is 103 Å². The number of rotatable bonds is 2. The van der Waals surface area contributed by atoms with Crippen molar-refractivity contribution in [1.29, 1.82) is 0 Å². The van der Waals surface area contributed by atoms with Gasteiger partial charge in [0.25, 0.3) is 0 Å². The van der Waals surface area contributed by atoms with Crippen LogP contribution in [0.2, 0.25) is 0 Å². The number of hydrogen-bond acceptors (Lipinski definition) is 1. The highest BCUT2D eigenvalue weighted by molar-refractivity contribution is 6.13. The van der Waals surface area contributed by atoms with Crippen LogP contribution in [0.15, 0.2) is 108 Å². The van der Waals surface area contributed by atoms with Crippen molar-refractivity contribution in [2.45, 2.75) is 6.92 Å². The SMILES string of the molecule is Cc1ccc(-c2ccc(-c3cccc4c3oc3ccccc34)c3ccccc23)cc1. The van der Waals surface area contributed by atoms with Crippen molar-refractivity contribution in [3.05, 3.63) is 109 Å². The van der Waals surface area contributed by atoms with E-state index in [-0.39, 0.29) is 0 Å². The number of benzene rings is 5. The molecular formula is C29H20O.